The molecule has 0 aliphatic carbocycles. The van der Waals surface area contributed by atoms with E-state index in [4.69, 9.17) is 13.9 Å². The Balaban J connectivity index is 1.92. The molecule has 0 saturated carbocycles. The Hall–Kier alpha value is -3.80. The number of thiazole rings is 1. The maximum Gasteiger partial charge on any atom is 0.407 e. The summed E-state index contributed by atoms with van der Waals surface area (Å²) < 4.78 is 17.9. The van der Waals surface area contributed by atoms with Crippen LogP contribution in [0.5, 0.6) is 0 Å². The summed E-state index contributed by atoms with van der Waals surface area (Å²) in [7, 11) is 1.29. The van der Waals surface area contributed by atoms with Gasteiger partial charge in [0.1, 0.15) is 5.60 Å². The molecule has 12 heteroatoms. The first kappa shape index (κ1) is 26.8. The zero-order valence-corrected chi connectivity index (χ0v) is 21.9. The number of aromatic nitrogens is 3. The van der Waals surface area contributed by atoms with E-state index in [1.54, 1.807) is 50.5 Å². The number of allylic oxidation sites excluding steroid dienone is 1. The highest BCUT2D eigenvalue weighted by atomic mass is 32.1. The lowest BCUT2D eigenvalue weighted by molar-refractivity contribution is 0.0532. The summed E-state index contributed by atoms with van der Waals surface area (Å²) in [4.78, 5) is 50.0. The van der Waals surface area contributed by atoms with E-state index < -0.39 is 23.6 Å². The maximum absolute atomic E-state index is 12.9. The van der Waals surface area contributed by atoms with Crippen LogP contribution in [0.1, 0.15) is 60.2 Å². The summed E-state index contributed by atoms with van der Waals surface area (Å²) in [6, 6.07) is 1.64. The topological polar surface area (TPSA) is 138 Å². The summed E-state index contributed by atoms with van der Waals surface area (Å²) in [5, 5.41) is 2.65. The number of amides is 2. The summed E-state index contributed by atoms with van der Waals surface area (Å²) in [6.45, 7) is 9.47. The number of esters is 1. The van der Waals surface area contributed by atoms with Crippen LogP contribution in [0.3, 0.4) is 0 Å². The number of methoxy groups -OCH3 is 1. The average Bonchev–Trinajstić information content (AvgIpc) is 3.36. The van der Waals surface area contributed by atoms with Crippen LogP contribution in [0.4, 0.5) is 4.79 Å². The van der Waals surface area contributed by atoms with Crippen LogP contribution in [0.15, 0.2) is 33.8 Å². The Bertz CT molecular complexity index is 1380. The lowest BCUT2D eigenvalue weighted by atomic mass is 10.2. The van der Waals surface area contributed by atoms with Gasteiger partial charge in [-0.05, 0) is 33.3 Å². The summed E-state index contributed by atoms with van der Waals surface area (Å²) in [5.74, 6) is -0.591. The van der Waals surface area contributed by atoms with Crippen molar-refractivity contribution in [3.63, 3.8) is 0 Å². The van der Waals surface area contributed by atoms with Crippen molar-refractivity contribution in [3.8, 4) is 0 Å². The molecule has 192 valence electrons. The van der Waals surface area contributed by atoms with Gasteiger partial charge in [-0.3, -0.25) is 9.36 Å². The molecule has 3 heterocycles. The minimum Gasteiger partial charge on any atom is -0.465 e. The molecule has 3 rings (SSSR count). The first-order chi connectivity index (χ1) is 17.0. The number of hydrogen-bond donors (Lipinski definition) is 1. The quantitative estimate of drug-likeness (QED) is 0.372. The largest absolute Gasteiger partial charge is 0.465 e. The standard InChI is InChI=1S/C24H29N5O6S/c1-7-16-18(34-14(2)27-16)20(30)28-22-29(11-9-8-10-25-23(32)35-24(3,4)5)19-17(36-22)12-15(13-26-19)21(31)33-6/h8-9,12-13H,7,10-11H2,1-6H3,(H,25,32)/b9-8+,28-22-. The number of oxazole rings is 1. The molecular formula is C24H29N5O6S. The number of nitrogens with zero attached hydrogens (tertiary/aromatic N) is 4. The van der Waals surface area contributed by atoms with Gasteiger partial charge in [0.25, 0.3) is 0 Å². The smallest absolute Gasteiger partial charge is 0.407 e. The van der Waals surface area contributed by atoms with Crippen molar-refractivity contribution in [1.29, 1.82) is 0 Å². The van der Waals surface area contributed by atoms with Crippen molar-refractivity contribution in [3.05, 3.63) is 52.1 Å². The SMILES string of the molecule is CCc1nc(C)oc1C(=O)/N=c1\sc2cc(C(=O)OC)cnc2n1C/C=C/CNC(=O)OC(C)(C)C. The van der Waals surface area contributed by atoms with Gasteiger partial charge in [0, 0.05) is 26.2 Å². The molecule has 0 atom stereocenters. The minimum absolute atomic E-state index is 0.0966. The fourth-order valence-corrected chi connectivity index (χ4v) is 4.21. The second kappa shape index (κ2) is 11.3. The van der Waals surface area contributed by atoms with Crippen LogP contribution in [0, 0.1) is 6.92 Å². The number of ether oxygens (including phenoxy) is 2. The molecule has 36 heavy (non-hydrogen) atoms. The normalized spacial score (nSPS) is 12.3. The third-order valence-electron chi connectivity index (χ3n) is 4.69. The molecule has 0 saturated heterocycles. The predicted molar refractivity (Wildman–Crippen MR) is 133 cm³/mol. The van der Waals surface area contributed by atoms with Crippen LogP contribution >= 0.6 is 11.3 Å². The molecule has 0 aliphatic heterocycles. The number of aryl methyl sites for hydroxylation is 2. The number of carbonyl (C=O) groups is 3. The molecule has 1 N–H and O–H groups in total. The van der Waals surface area contributed by atoms with Crippen LogP contribution in [0.25, 0.3) is 10.3 Å². The van der Waals surface area contributed by atoms with E-state index >= 15 is 0 Å². The van der Waals surface area contributed by atoms with E-state index in [0.29, 0.717) is 39.7 Å². The molecule has 0 radical (unpaired) electrons. The Kier molecular flexibility index (Phi) is 8.41. The lowest BCUT2D eigenvalue weighted by Crippen LogP contribution is -2.32. The van der Waals surface area contributed by atoms with E-state index in [-0.39, 0.29) is 17.9 Å². The van der Waals surface area contributed by atoms with Crippen molar-refractivity contribution in [2.75, 3.05) is 13.7 Å². The average molecular weight is 516 g/mol. The van der Waals surface area contributed by atoms with Gasteiger partial charge in [-0.25, -0.2) is 19.6 Å². The van der Waals surface area contributed by atoms with Crippen LogP contribution < -0.4 is 10.1 Å². The second-order valence-corrected chi connectivity index (χ2v) is 9.68. The van der Waals surface area contributed by atoms with Crippen LogP contribution in [-0.4, -0.2) is 51.8 Å². The number of rotatable bonds is 7. The third kappa shape index (κ3) is 6.66. The second-order valence-electron chi connectivity index (χ2n) is 8.67. The summed E-state index contributed by atoms with van der Waals surface area (Å²) in [5.41, 5.74) is 0.769. The van der Waals surface area contributed by atoms with Crippen molar-refractivity contribution in [2.45, 2.75) is 53.2 Å². The summed E-state index contributed by atoms with van der Waals surface area (Å²) in [6.07, 6.45) is 4.97. The predicted octanol–water partition coefficient (Wildman–Crippen LogP) is 3.57. The van der Waals surface area contributed by atoms with E-state index in [0.717, 1.165) is 0 Å². The van der Waals surface area contributed by atoms with Crippen molar-refractivity contribution in [1.82, 2.24) is 19.9 Å². The molecule has 0 aromatic carbocycles. The van der Waals surface area contributed by atoms with Gasteiger partial charge in [-0.1, -0.05) is 30.4 Å². The van der Waals surface area contributed by atoms with Crippen LogP contribution in [-0.2, 0) is 22.4 Å². The Morgan fingerprint density at radius 2 is 2.03 bits per heavy atom. The number of hydrogen-bond acceptors (Lipinski definition) is 9. The van der Waals surface area contributed by atoms with Gasteiger partial charge >= 0.3 is 18.0 Å². The van der Waals surface area contributed by atoms with Crippen molar-refractivity contribution >= 4 is 39.7 Å². The van der Waals surface area contributed by atoms with E-state index in [9.17, 15) is 14.4 Å². The lowest BCUT2D eigenvalue weighted by Gasteiger charge is -2.19. The van der Waals surface area contributed by atoms with E-state index in [2.05, 4.69) is 20.3 Å². The third-order valence-corrected chi connectivity index (χ3v) is 5.70. The Morgan fingerprint density at radius 3 is 2.69 bits per heavy atom. The first-order valence-electron chi connectivity index (χ1n) is 11.3. The fourth-order valence-electron chi connectivity index (χ4n) is 3.17. The monoisotopic (exact) mass is 515 g/mol. The zero-order chi connectivity index (χ0) is 26.5. The van der Waals surface area contributed by atoms with Gasteiger partial charge in [-0.15, -0.1) is 0 Å². The number of fused-ring (bicyclic) bond motifs is 1. The van der Waals surface area contributed by atoms with E-state index in [1.807, 2.05) is 6.92 Å². The van der Waals surface area contributed by atoms with Gasteiger partial charge in [0.05, 0.1) is 23.1 Å². The molecule has 0 aliphatic rings. The highest BCUT2D eigenvalue weighted by molar-refractivity contribution is 7.16. The molecular weight excluding hydrogens is 486 g/mol. The van der Waals surface area contributed by atoms with Crippen molar-refractivity contribution in [2.24, 2.45) is 4.99 Å². The van der Waals surface area contributed by atoms with Crippen molar-refractivity contribution < 1.29 is 28.3 Å². The van der Waals surface area contributed by atoms with Gasteiger partial charge in [0.2, 0.25) is 5.76 Å². The Labute approximate surface area is 211 Å². The first-order valence-corrected chi connectivity index (χ1v) is 12.1. The number of nitrogens with one attached hydrogen (secondary N) is 1. The zero-order valence-electron chi connectivity index (χ0n) is 21.1. The molecule has 3 aromatic heterocycles. The Morgan fingerprint density at radius 1 is 1.28 bits per heavy atom. The molecule has 0 spiro atoms. The number of pyridine rings is 1. The molecule has 2 amide bonds. The van der Waals surface area contributed by atoms with Gasteiger partial charge in [0.15, 0.2) is 16.3 Å². The highest BCUT2D eigenvalue weighted by Gasteiger charge is 2.19. The van der Waals surface area contributed by atoms with E-state index in [1.165, 1.54) is 24.6 Å². The molecule has 3 aromatic rings. The van der Waals surface area contributed by atoms with Gasteiger partial charge < -0.3 is 19.2 Å². The van der Waals surface area contributed by atoms with Crippen LogP contribution in [0.2, 0.25) is 0 Å². The highest BCUT2D eigenvalue weighted by Crippen LogP contribution is 2.18. The summed E-state index contributed by atoms with van der Waals surface area (Å²) >= 11 is 1.20. The number of alkyl carbamates (subject to hydrolysis) is 1. The number of carbonyl (C=O) groups excluding carboxylic acids is 3. The fraction of sp³-hybridized carbons (Fsp3) is 0.417. The molecule has 11 nitrogen and oxygen atoms in total. The molecule has 0 bridgehead atoms. The molecule has 0 unspecified atom stereocenters. The van der Waals surface area contributed by atoms with Gasteiger partial charge in [-0.2, -0.15) is 4.99 Å². The maximum atomic E-state index is 12.9. The molecule has 0 fully saturated rings. The minimum atomic E-state index is -0.587.